The summed E-state index contributed by atoms with van der Waals surface area (Å²) in [5.41, 5.74) is 9.58. The molecule has 0 radical (unpaired) electrons. The Labute approximate surface area is 153 Å². The maximum Gasteiger partial charge on any atom is 0.0739 e. The summed E-state index contributed by atoms with van der Waals surface area (Å²) in [6.45, 7) is 8.54. The van der Waals surface area contributed by atoms with Crippen LogP contribution in [0.25, 0.3) is 11.0 Å². The minimum Gasteiger partial charge on any atom is -0.315 e. The summed E-state index contributed by atoms with van der Waals surface area (Å²) >= 11 is 0. The number of aromatic nitrogens is 2. The van der Waals surface area contributed by atoms with E-state index in [9.17, 15) is 0 Å². The number of aryl methyl sites for hydroxylation is 2. The molecule has 4 heterocycles. The third kappa shape index (κ3) is 2.46. The van der Waals surface area contributed by atoms with Crippen molar-refractivity contribution in [2.24, 2.45) is 10.2 Å². The van der Waals surface area contributed by atoms with Crippen molar-refractivity contribution >= 4 is 23.5 Å². The van der Waals surface area contributed by atoms with Gasteiger partial charge in [-0.2, -0.15) is 10.2 Å². The molecule has 0 saturated carbocycles. The van der Waals surface area contributed by atoms with Crippen molar-refractivity contribution in [3.8, 4) is 0 Å². The first-order valence-corrected chi connectivity index (χ1v) is 8.78. The molecule has 4 aromatic rings. The monoisotopic (exact) mass is 342 g/mol. The average molecular weight is 342 g/mol. The molecule has 0 aromatic carbocycles. The van der Waals surface area contributed by atoms with Crippen LogP contribution in [0.15, 0.2) is 59.0 Å². The summed E-state index contributed by atoms with van der Waals surface area (Å²) < 4.78 is 4.32. The van der Waals surface area contributed by atoms with Gasteiger partial charge in [-0.3, -0.25) is 0 Å². The lowest BCUT2D eigenvalue weighted by Gasteiger charge is -1.98. The molecule has 4 rings (SSSR count). The Morgan fingerprint density at radius 2 is 1.04 bits per heavy atom. The summed E-state index contributed by atoms with van der Waals surface area (Å²) in [6.07, 6.45) is 7.80. The van der Waals surface area contributed by atoms with E-state index in [1.807, 2.05) is 24.6 Å². The maximum atomic E-state index is 4.33. The SMILES string of the molecule is Cc1c(C)c2ccccn2c1/C=N/N=C/c1c(C)c(C)c2ccccn12. The molecule has 0 unspecified atom stereocenters. The van der Waals surface area contributed by atoms with E-state index >= 15 is 0 Å². The van der Waals surface area contributed by atoms with Crippen LogP contribution in [-0.2, 0) is 0 Å². The quantitative estimate of drug-likeness (QED) is 0.376. The number of fused-ring (bicyclic) bond motifs is 2. The van der Waals surface area contributed by atoms with Crippen LogP contribution in [0.5, 0.6) is 0 Å². The standard InChI is InChI=1S/C22H22N4/c1-15-17(3)21(25-11-7-5-9-19(15)25)13-23-24-14-22-18(4)16(2)20-10-6-8-12-26(20)22/h5-14H,1-4H3/b23-13+,24-14+. The van der Waals surface area contributed by atoms with Crippen molar-refractivity contribution < 1.29 is 0 Å². The molecule has 4 heteroatoms. The zero-order valence-corrected chi connectivity index (χ0v) is 15.6. The lowest BCUT2D eigenvalue weighted by atomic mass is 10.2. The first-order chi connectivity index (χ1) is 12.6. The summed E-state index contributed by atoms with van der Waals surface area (Å²) in [4.78, 5) is 0. The highest BCUT2D eigenvalue weighted by Gasteiger charge is 2.10. The Bertz CT molecular complexity index is 1080. The summed E-state index contributed by atoms with van der Waals surface area (Å²) in [7, 11) is 0. The number of nitrogens with zero attached hydrogens (tertiary/aromatic N) is 4. The molecule has 4 nitrogen and oxygen atoms in total. The van der Waals surface area contributed by atoms with E-state index in [0.29, 0.717) is 0 Å². The van der Waals surface area contributed by atoms with E-state index in [0.717, 1.165) is 11.4 Å². The van der Waals surface area contributed by atoms with E-state index < -0.39 is 0 Å². The van der Waals surface area contributed by atoms with Gasteiger partial charge in [0.15, 0.2) is 0 Å². The second-order valence-corrected chi connectivity index (χ2v) is 6.67. The minimum atomic E-state index is 1.07. The van der Waals surface area contributed by atoms with Crippen LogP contribution in [0, 0.1) is 27.7 Å². The van der Waals surface area contributed by atoms with Gasteiger partial charge in [0.05, 0.1) is 23.8 Å². The fourth-order valence-corrected chi connectivity index (χ4v) is 3.54. The van der Waals surface area contributed by atoms with Gasteiger partial charge in [-0.05, 0) is 74.2 Å². The van der Waals surface area contributed by atoms with Crippen LogP contribution >= 0.6 is 0 Å². The van der Waals surface area contributed by atoms with Gasteiger partial charge in [0.25, 0.3) is 0 Å². The van der Waals surface area contributed by atoms with Crippen LogP contribution in [0.4, 0.5) is 0 Å². The van der Waals surface area contributed by atoms with Crippen molar-refractivity contribution in [3.63, 3.8) is 0 Å². The van der Waals surface area contributed by atoms with E-state index in [-0.39, 0.29) is 0 Å². The maximum absolute atomic E-state index is 4.33. The van der Waals surface area contributed by atoms with Gasteiger partial charge in [-0.25, -0.2) is 0 Å². The molecule has 0 amide bonds. The van der Waals surface area contributed by atoms with E-state index in [1.54, 1.807) is 0 Å². The molecule has 0 aliphatic carbocycles. The summed E-state index contributed by atoms with van der Waals surface area (Å²) in [6, 6.07) is 12.4. The van der Waals surface area contributed by atoms with Crippen LogP contribution in [-0.4, -0.2) is 21.2 Å². The second-order valence-electron chi connectivity index (χ2n) is 6.67. The van der Waals surface area contributed by atoms with Crippen LogP contribution in [0.1, 0.15) is 33.6 Å². The molecule has 0 aliphatic rings. The van der Waals surface area contributed by atoms with E-state index in [4.69, 9.17) is 0 Å². The van der Waals surface area contributed by atoms with Gasteiger partial charge < -0.3 is 8.80 Å². The lowest BCUT2D eigenvalue weighted by Crippen LogP contribution is -1.93. The molecule has 26 heavy (non-hydrogen) atoms. The fraction of sp³-hybridized carbons (Fsp3) is 0.182. The van der Waals surface area contributed by atoms with Crippen molar-refractivity contribution in [3.05, 3.63) is 82.4 Å². The first kappa shape index (κ1) is 16.3. The smallest absolute Gasteiger partial charge is 0.0739 e. The molecule has 0 N–H and O–H groups in total. The Morgan fingerprint density at radius 3 is 1.46 bits per heavy atom. The van der Waals surface area contributed by atoms with Crippen molar-refractivity contribution in [2.45, 2.75) is 27.7 Å². The summed E-state index contributed by atoms with van der Waals surface area (Å²) in [5, 5.41) is 8.66. The molecule has 130 valence electrons. The summed E-state index contributed by atoms with van der Waals surface area (Å²) in [5.74, 6) is 0. The fourth-order valence-electron chi connectivity index (χ4n) is 3.54. The number of hydrogen-bond acceptors (Lipinski definition) is 2. The van der Waals surface area contributed by atoms with Crippen molar-refractivity contribution in [2.75, 3.05) is 0 Å². The number of rotatable bonds is 3. The van der Waals surface area contributed by atoms with Crippen LogP contribution in [0.3, 0.4) is 0 Å². The molecule has 0 aliphatic heterocycles. The Morgan fingerprint density at radius 1 is 0.615 bits per heavy atom. The van der Waals surface area contributed by atoms with Crippen molar-refractivity contribution in [1.29, 1.82) is 0 Å². The number of hydrogen-bond donors (Lipinski definition) is 0. The van der Waals surface area contributed by atoms with Gasteiger partial charge in [0.1, 0.15) is 0 Å². The highest BCUT2D eigenvalue weighted by molar-refractivity contribution is 5.87. The van der Waals surface area contributed by atoms with Gasteiger partial charge >= 0.3 is 0 Å². The molecular formula is C22H22N4. The predicted octanol–water partition coefficient (Wildman–Crippen LogP) is 4.88. The topological polar surface area (TPSA) is 33.5 Å². The highest BCUT2D eigenvalue weighted by atomic mass is 15.2. The highest BCUT2D eigenvalue weighted by Crippen LogP contribution is 2.22. The van der Waals surface area contributed by atoms with Gasteiger partial charge in [0, 0.05) is 23.4 Å². The lowest BCUT2D eigenvalue weighted by molar-refractivity contribution is 1.14. The second kappa shape index (κ2) is 6.30. The van der Waals surface area contributed by atoms with Gasteiger partial charge in [0.2, 0.25) is 0 Å². The Hall–Kier alpha value is -3.14. The van der Waals surface area contributed by atoms with Crippen LogP contribution < -0.4 is 0 Å². The normalized spacial score (nSPS) is 12.3. The van der Waals surface area contributed by atoms with Gasteiger partial charge in [-0.15, -0.1) is 0 Å². The number of pyridine rings is 2. The Kier molecular flexibility index (Phi) is 3.96. The molecular weight excluding hydrogens is 320 g/mol. The van der Waals surface area contributed by atoms with Crippen LogP contribution in [0.2, 0.25) is 0 Å². The Balaban J connectivity index is 1.71. The van der Waals surface area contributed by atoms with E-state index in [2.05, 4.69) is 83.4 Å². The van der Waals surface area contributed by atoms with Gasteiger partial charge in [-0.1, -0.05) is 12.1 Å². The van der Waals surface area contributed by atoms with Crippen molar-refractivity contribution in [1.82, 2.24) is 8.80 Å². The predicted molar refractivity (Wildman–Crippen MR) is 109 cm³/mol. The molecule has 0 fully saturated rings. The largest absolute Gasteiger partial charge is 0.315 e. The third-order valence-electron chi connectivity index (χ3n) is 5.33. The third-order valence-corrected chi connectivity index (χ3v) is 5.33. The van der Waals surface area contributed by atoms with E-state index in [1.165, 1.54) is 33.3 Å². The zero-order valence-electron chi connectivity index (χ0n) is 15.6. The molecule has 0 bridgehead atoms. The zero-order chi connectivity index (χ0) is 18.3. The molecule has 0 atom stereocenters. The molecule has 0 saturated heterocycles. The minimum absolute atomic E-state index is 1.07. The first-order valence-electron chi connectivity index (χ1n) is 8.78. The molecule has 4 aromatic heterocycles. The molecule has 0 spiro atoms. The average Bonchev–Trinajstić information content (AvgIpc) is 3.06.